The topological polar surface area (TPSA) is 86.8 Å². The molecule has 1 saturated carbocycles. The number of aryl methyl sites for hydroxylation is 2. The second kappa shape index (κ2) is 13.9. The minimum atomic E-state index is -4.14. The van der Waals surface area contributed by atoms with Crippen molar-refractivity contribution in [1.29, 1.82) is 0 Å². The Labute approximate surface area is 258 Å². The Kier molecular flexibility index (Phi) is 10.6. The Hall–Kier alpha value is -3.07. The van der Waals surface area contributed by atoms with Gasteiger partial charge in [-0.15, -0.1) is 0 Å². The Balaban J connectivity index is 1.76. The fourth-order valence-electron chi connectivity index (χ4n) is 5.34. The van der Waals surface area contributed by atoms with Crippen molar-refractivity contribution in [3.8, 4) is 0 Å². The molecule has 224 valence electrons. The van der Waals surface area contributed by atoms with Crippen LogP contribution in [0.3, 0.4) is 0 Å². The van der Waals surface area contributed by atoms with E-state index >= 15 is 0 Å². The number of benzene rings is 3. The third-order valence-electron chi connectivity index (χ3n) is 7.69. The molecule has 10 heteroatoms. The fraction of sp³-hybridized carbons (Fsp3) is 0.375. The van der Waals surface area contributed by atoms with E-state index in [1.165, 1.54) is 17.0 Å². The number of amides is 2. The van der Waals surface area contributed by atoms with Gasteiger partial charge >= 0.3 is 0 Å². The van der Waals surface area contributed by atoms with Crippen LogP contribution >= 0.6 is 23.2 Å². The number of nitrogens with one attached hydrogen (secondary N) is 1. The molecule has 1 fully saturated rings. The number of halogens is 2. The monoisotopic (exact) mass is 629 g/mol. The second-order valence-electron chi connectivity index (χ2n) is 10.8. The maximum atomic E-state index is 14.3. The van der Waals surface area contributed by atoms with Crippen molar-refractivity contribution in [2.75, 3.05) is 10.8 Å². The number of carbonyl (C=O) groups is 2. The molecule has 0 unspecified atom stereocenters. The highest BCUT2D eigenvalue weighted by molar-refractivity contribution is 7.92. The highest BCUT2D eigenvalue weighted by Gasteiger charge is 2.35. The molecule has 3 aromatic carbocycles. The minimum absolute atomic E-state index is 0.0114. The van der Waals surface area contributed by atoms with E-state index < -0.39 is 28.5 Å². The molecule has 0 aliphatic heterocycles. The van der Waals surface area contributed by atoms with Gasteiger partial charge in [0.2, 0.25) is 11.8 Å². The maximum absolute atomic E-state index is 14.3. The zero-order valence-electron chi connectivity index (χ0n) is 24.1. The highest BCUT2D eigenvalue weighted by atomic mass is 35.5. The van der Waals surface area contributed by atoms with E-state index in [4.69, 9.17) is 23.2 Å². The van der Waals surface area contributed by atoms with Crippen LogP contribution in [0.2, 0.25) is 10.0 Å². The lowest BCUT2D eigenvalue weighted by molar-refractivity contribution is -0.140. The molecule has 1 aliphatic carbocycles. The molecule has 0 aromatic heterocycles. The first-order valence-corrected chi connectivity index (χ1v) is 16.4. The van der Waals surface area contributed by atoms with Gasteiger partial charge in [-0.05, 0) is 80.1 Å². The number of hydrogen-bond donors (Lipinski definition) is 1. The van der Waals surface area contributed by atoms with Crippen LogP contribution in [-0.4, -0.2) is 43.8 Å². The Morgan fingerprint density at radius 3 is 2.31 bits per heavy atom. The van der Waals surface area contributed by atoms with Crippen molar-refractivity contribution in [3.05, 3.63) is 93.5 Å². The number of anilines is 1. The van der Waals surface area contributed by atoms with E-state index in [1.54, 1.807) is 42.5 Å². The van der Waals surface area contributed by atoms with Gasteiger partial charge in [-0.1, -0.05) is 79.4 Å². The van der Waals surface area contributed by atoms with Crippen LogP contribution in [-0.2, 0) is 26.2 Å². The van der Waals surface area contributed by atoms with E-state index in [2.05, 4.69) is 5.32 Å². The van der Waals surface area contributed by atoms with Gasteiger partial charge in [0, 0.05) is 22.6 Å². The number of carbonyl (C=O) groups excluding carboxylic acids is 2. The van der Waals surface area contributed by atoms with E-state index in [1.807, 2.05) is 32.9 Å². The van der Waals surface area contributed by atoms with Crippen LogP contribution in [0.25, 0.3) is 0 Å². The Morgan fingerprint density at radius 1 is 0.976 bits per heavy atom. The lowest BCUT2D eigenvalue weighted by Gasteiger charge is -2.34. The summed E-state index contributed by atoms with van der Waals surface area (Å²) < 4.78 is 29.2. The molecule has 1 atom stereocenters. The molecule has 0 heterocycles. The quantitative estimate of drug-likeness (QED) is 0.256. The predicted octanol–water partition coefficient (Wildman–Crippen LogP) is 6.67. The van der Waals surface area contributed by atoms with Crippen molar-refractivity contribution < 1.29 is 18.0 Å². The van der Waals surface area contributed by atoms with Gasteiger partial charge in [-0.3, -0.25) is 13.9 Å². The summed E-state index contributed by atoms with van der Waals surface area (Å²) in [6.07, 6.45) is 4.23. The molecule has 42 heavy (non-hydrogen) atoms. The van der Waals surface area contributed by atoms with E-state index in [0.29, 0.717) is 33.3 Å². The van der Waals surface area contributed by atoms with Crippen LogP contribution in [0.1, 0.15) is 55.7 Å². The van der Waals surface area contributed by atoms with Crippen molar-refractivity contribution in [2.45, 2.75) is 76.4 Å². The van der Waals surface area contributed by atoms with Gasteiger partial charge in [0.15, 0.2) is 0 Å². The summed E-state index contributed by atoms with van der Waals surface area (Å²) in [6.45, 7) is 5.03. The summed E-state index contributed by atoms with van der Waals surface area (Å²) in [5.41, 5.74) is 2.56. The molecule has 0 spiro atoms. The number of sulfonamides is 1. The van der Waals surface area contributed by atoms with Gasteiger partial charge in [0.25, 0.3) is 10.0 Å². The summed E-state index contributed by atoms with van der Waals surface area (Å²) in [7, 11) is -4.14. The molecule has 7 nitrogen and oxygen atoms in total. The zero-order valence-corrected chi connectivity index (χ0v) is 26.5. The summed E-state index contributed by atoms with van der Waals surface area (Å²) in [5, 5.41) is 3.92. The molecular weight excluding hydrogens is 593 g/mol. The Bertz CT molecular complexity index is 1530. The zero-order chi connectivity index (χ0) is 30.4. The van der Waals surface area contributed by atoms with Crippen molar-refractivity contribution in [1.82, 2.24) is 10.2 Å². The lowest BCUT2D eigenvalue weighted by atomic mass is 10.1. The first-order valence-electron chi connectivity index (χ1n) is 14.2. The summed E-state index contributed by atoms with van der Waals surface area (Å²) in [6, 6.07) is 17.7. The maximum Gasteiger partial charge on any atom is 0.264 e. The molecule has 0 saturated heterocycles. The predicted molar refractivity (Wildman–Crippen MR) is 168 cm³/mol. The summed E-state index contributed by atoms with van der Waals surface area (Å²) >= 11 is 12.6. The standard InChI is InChI=1S/C32H37Cl2N3O4S/c1-4-29(32(39)35-26-10-8-9-11-26)36(20-24-16-17-25(33)19-28(24)34)31(38)21-37(30-18-22(2)14-15-23(30)3)42(40,41)27-12-6-5-7-13-27/h5-7,12-19,26,29H,4,8-11,20-21H2,1-3H3,(H,35,39)/t29-/m1/s1. The molecule has 4 rings (SSSR count). The molecule has 1 aliphatic rings. The number of rotatable bonds is 11. The molecule has 1 N–H and O–H groups in total. The molecular formula is C32H37Cl2N3O4S. The van der Waals surface area contributed by atoms with Crippen LogP contribution in [0, 0.1) is 13.8 Å². The smallest absolute Gasteiger partial charge is 0.264 e. The van der Waals surface area contributed by atoms with E-state index in [-0.39, 0.29) is 23.4 Å². The van der Waals surface area contributed by atoms with Crippen molar-refractivity contribution in [3.63, 3.8) is 0 Å². The van der Waals surface area contributed by atoms with Crippen molar-refractivity contribution >= 4 is 50.7 Å². The summed E-state index contributed by atoms with van der Waals surface area (Å²) in [4.78, 5) is 29.4. The minimum Gasteiger partial charge on any atom is -0.352 e. The largest absolute Gasteiger partial charge is 0.352 e. The van der Waals surface area contributed by atoms with Crippen molar-refractivity contribution in [2.24, 2.45) is 0 Å². The molecule has 2 amide bonds. The normalized spacial score (nSPS) is 14.4. The average Bonchev–Trinajstić information content (AvgIpc) is 3.47. The van der Waals surface area contributed by atoms with Crippen LogP contribution in [0.5, 0.6) is 0 Å². The van der Waals surface area contributed by atoms with Gasteiger partial charge in [0.1, 0.15) is 12.6 Å². The number of hydrogen-bond acceptors (Lipinski definition) is 4. The van der Waals surface area contributed by atoms with E-state index in [0.717, 1.165) is 35.6 Å². The second-order valence-corrected chi connectivity index (χ2v) is 13.5. The third kappa shape index (κ3) is 7.46. The first-order chi connectivity index (χ1) is 20.0. The summed E-state index contributed by atoms with van der Waals surface area (Å²) in [5.74, 6) is -0.776. The van der Waals surface area contributed by atoms with Gasteiger partial charge < -0.3 is 10.2 Å². The molecule has 0 bridgehead atoms. The first kappa shape index (κ1) is 31.9. The molecule has 3 aromatic rings. The van der Waals surface area contributed by atoms with E-state index in [9.17, 15) is 18.0 Å². The number of nitrogens with zero attached hydrogens (tertiary/aromatic N) is 2. The lowest BCUT2D eigenvalue weighted by Crippen LogP contribution is -2.53. The van der Waals surface area contributed by atoms with Crippen LogP contribution in [0.15, 0.2) is 71.6 Å². The van der Waals surface area contributed by atoms with Gasteiger partial charge in [0.05, 0.1) is 10.6 Å². The van der Waals surface area contributed by atoms with Gasteiger partial charge in [-0.2, -0.15) is 0 Å². The Morgan fingerprint density at radius 2 is 1.67 bits per heavy atom. The SMILES string of the molecule is CC[C@H](C(=O)NC1CCCC1)N(Cc1ccc(Cl)cc1Cl)C(=O)CN(c1cc(C)ccc1C)S(=O)(=O)c1ccccc1. The van der Waals surface area contributed by atoms with Crippen LogP contribution < -0.4 is 9.62 Å². The molecule has 0 radical (unpaired) electrons. The highest BCUT2D eigenvalue weighted by Crippen LogP contribution is 2.30. The average molecular weight is 631 g/mol. The van der Waals surface area contributed by atoms with Crippen LogP contribution in [0.4, 0.5) is 5.69 Å². The van der Waals surface area contributed by atoms with Gasteiger partial charge in [-0.25, -0.2) is 8.42 Å². The third-order valence-corrected chi connectivity index (χ3v) is 10.0. The fourth-order valence-corrected chi connectivity index (χ4v) is 7.30.